The van der Waals surface area contributed by atoms with Crippen LogP contribution in [0.5, 0.6) is 5.75 Å². The third-order valence-corrected chi connectivity index (χ3v) is 3.89. The first-order valence-electron chi connectivity index (χ1n) is 7.30. The van der Waals surface area contributed by atoms with Gasteiger partial charge in [0, 0.05) is 23.9 Å². The van der Waals surface area contributed by atoms with Crippen LogP contribution < -0.4 is 10.1 Å². The minimum atomic E-state index is -0.198. The quantitative estimate of drug-likeness (QED) is 0.849. The van der Waals surface area contributed by atoms with E-state index in [0.717, 1.165) is 5.69 Å². The molecule has 0 aliphatic carbocycles. The normalized spacial score (nSPS) is 10.7. The Morgan fingerprint density at radius 2 is 2.22 bits per heavy atom. The fourth-order valence-corrected chi connectivity index (χ4v) is 2.56. The number of carbonyl (C=O) groups excluding carboxylic acids is 1. The highest BCUT2D eigenvalue weighted by Gasteiger charge is 2.15. The van der Waals surface area contributed by atoms with E-state index in [1.807, 2.05) is 13.8 Å². The van der Waals surface area contributed by atoms with Crippen molar-refractivity contribution in [3.63, 3.8) is 0 Å². The zero-order valence-electron chi connectivity index (χ0n) is 13.4. The van der Waals surface area contributed by atoms with Crippen molar-refractivity contribution in [1.82, 2.24) is 9.78 Å². The highest BCUT2D eigenvalue weighted by atomic mass is 35.5. The smallest absolute Gasteiger partial charge is 0.228 e. The molecule has 0 unspecified atom stereocenters. The maximum absolute atomic E-state index is 12.2. The lowest BCUT2D eigenvalue weighted by Crippen LogP contribution is -2.15. The van der Waals surface area contributed by atoms with E-state index >= 15 is 0 Å². The summed E-state index contributed by atoms with van der Waals surface area (Å²) >= 11 is 6.14. The molecule has 6 nitrogen and oxygen atoms in total. The summed E-state index contributed by atoms with van der Waals surface area (Å²) in [4.78, 5) is 12.2. The van der Waals surface area contributed by atoms with Gasteiger partial charge in [-0.25, -0.2) is 0 Å². The van der Waals surface area contributed by atoms with Gasteiger partial charge in [0.05, 0.1) is 25.3 Å². The third-order valence-electron chi connectivity index (χ3n) is 3.42. The molecule has 0 saturated carbocycles. The van der Waals surface area contributed by atoms with Gasteiger partial charge in [-0.05, 0) is 32.0 Å². The Balaban J connectivity index is 2.11. The van der Waals surface area contributed by atoms with Gasteiger partial charge in [0.1, 0.15) is 10.9 Å². The minimum Gasteiger partial charge on any atom is -0.494 e. The van der Waals surface area contributed by atoms with Crippen molar-refractivity contribution in [1.29, 1.82) is 0 Å². The Labute approximate surface area is 140 Å². The molecule has 0 saturated heterocycles. The second-order valence-electron chi connectivity index (χ2n) is 5.12. The zero-order chi connectivity index (χ0) is 17.0. The van der Waals surface area contributed by atoms with Crippen LogP contribution in [0.25, 0.3) is 0 Å². The van der Waals surface area contributed by atoms with E-state index in [9.17, 15) is 9.90 Å². The number of halogens is 1. The number of aliphatic hydroxyl groups is 1. The van der Waals surface area contributed by atoms with Crippen LogP contribution in [-0.2, 0) is 24.9 Å². The average Bonchev–Trinajstić information content (AvgIpc) is 2.75. The van der Waals surface area contributed by atoms with Gasteiger partial charge in [0.25, 0.3) is 0 Å². The molecule has 1 amide bonds. The third kappa shape index (κ3) is 4.03. The predicted molar refractivity (Wildman–Crippen MR) is 88.8 cm³/mol. The van der Waals surface area contributed by atoms with Crippen LogP contribution in [0.1, 0.15) is 23.7 Å². The van der Waals surface area contributed by atoms with Crippen molar-refractivity contribution in [2.45, 2.75) is 26.9 Å². The molecule has 2 rings (SSSR count). The van der Waals surface area contributed by atoms with Gasteiger partial charge in [-0.2, -0.15) is 5.10 Å². The van der Waals surface area contributed by atoms with E-state index in [1.54, 1.807) is 29.9 Å². The predicted octanol–water partition coefficient (Wildman–Crippen LogP) is 2.45. The first-order valence-corrected chi connectivity index (χ1v) is 7.68. The van der Waals surface area contributed by atoms with E-state index < -0.39 is 0 Å². The van der Waals surface area contributed by atoms with Crippen molar-refractivity contribution in [2.75, 3.05) is 11.9 Å². The molecule has 0 radical (unpaired) electrons. The number of hydrogen-bond donors (Lipinski definition) is 2. The van der Waals surface area contributed by atoms with Crippen LogP contribution in [0.4, 0.5) is 5.69 Å². The second kappa shape index (κ2) is 7.48. The van der Waals surface area contributed by atoms with E-state index in [2.05, 4.69) is 10.4 Å². The molecule has 1 aromatic heterocycles. The number of aromatic nitrogens is 2. The van der Waals surface area contributed by atoms with Gasteiger partial charge in [-0.1, -0.05) is 11.6 Å². The molecule has 0 bridgehead atoms. The van der Waals surface area contributed by atoms with E-state index in [-0.39, 0.29) is 18.9 Å². The number of ether oxygens (including phenoxy) is 1. The molecular weight excluding hydrogens is 318 g/mol. The van der Waals surface area contributed by atoms with Gasteiger partial charge < -0.3 is 15.2 Å². The number of amides is 1. The lowest BCUT2D eigenvalue weighted by atomic mass is 10.1. The molecule has 7 heteroatoms. The van der Waals surface area contributed by atoms with Gasteiger partial charge >= 0.3 is 0 Å². The van der Waals surface area contributed by atoms with Crippen molar-refractivity contribution in [3.05, 3.63) is 40.2 Å². The zero-order valence-corrected chi connectivity index (χ0v) is 14.1. The molecule has 2 aromatic rings. The molecule has 0 aliphatic rings. The molecule has 0 fully saturated rings. The topological polar surface area (TPSA) is 76.4 Å². The maximum Gasteiger partial charge on any atom is 0.228 e. The summed E-state index contributed by atoms with van der Waals surface area (Å²) in [5.74, 6) is 0.412. The Morgan fingerprint density at radius 3 is 2.78 bits per heavy atom. The molecule has 23 heavy (non-hydrogen) atoms. The standard InChI is InChI=1S/C16H20ClN3O3/c1-4-23-14-6-5-12(7-11(14)9-21)18-15(22)8-13-10(2)19-20(3)16(13)17/h5-7,21H,4,8-9H2,1-3H3,(H,18,22). The number of carbonyl (C=O) groups is 1. The summed E-state index contributed by atoms with van der Waals surface area (Å²) in [5, 5.41) is 16.8. The number of anilines is 1. The molecule has 0 spiro atoms. The summed E-state index contributed by atoms with van der Waals surface area (Å²) in [6.07, 6.45) is 0.139. The number of nitrogens with zero attached hydrogens (tertiary/aromatic N) is 2. The number of benzene rings is 1. The van der Waals surface area contributed by atoms with Gasteiger partial charge in [-0.3, -0.25) is 9.48 Å². The van der Waals surface area contributed by atoms with Gasteiger partial charge in [0.2, 0.25) is 5.91 Å². The van der Waals surface area contributed by atoms with E-state index in [4.69, 9.17) is 16.3 Å². The Kier molecular flexibility index (Phi) is 5.63. The van der Waals surface area contributed by atoms with Gasteiger partial charge in [0.15, 0.2) is 0 Å². The van der Waals surface area contributed by atoms with Crippen molar-refractivity contribution < 1.29 is 14.6 Å². The number of aryl methyl sites for hydroxylation is 2. The lowest BCUT2D eigenvalue weighted by Gasteiger charge is -2.11. The van der Waals surface area contributed by atoms with Crippen LogP contribution in [-0.4, -0.2) is 27.4 Å². The highest BCUT2D eigenvalue weighted by Crippen LogP contribution is 2.24. The summed E-state index contributed by atoms with van der Waals surface area (Å²) in [5.41, 5.74) is 2.66. The fraction of sp³-hybridized carbons (Fsp3) is 0.375. The van der Waals surface area contributed by atoms with Crippen molar-refractivity contribution in [3.8, 4) is 5.75 Å². The Bertz CT molecular complexity index is 713. The SMILES string of the molecule is CCOc1ccc(NC(=O)Cc2c(C)nn(C)c2Cl)cc1CO. The molecule has 0 aliphatic heterocycles. The molecule has 1 heterocycles. The number of hydrogen-bond acceptors (Lipinski definition) is 4. The number of rotatable bonds is 6. The van der Waals surface area contributed by atoms with Crippen LogP contribution in [0.15, 0.2) is 18.2 Å². The fourth-order valence-electron chi connectivity index (χ4n) is 2.32. The maximum atomic E-state index is 12.2. The summed E-state index contributed by atoms with van der Waals surface area (Å²) in [6.45, 7) is 4.04. The summed E-state index contributed by atoms with van der Waals surface area (Å²) in [7, 11) is 1.73. The minimum absolute atomic E-state index is 0.139. The highest BCUT2D eigenvalue weighted by molar-refractivity contribution is 6.30. The molecule has 2 N–H and O–H groups in total. The number of nitrogens with one attached hydrogen (secondary N) is 1. The molecule has 124 valence electrons. The van der Waals surface area contributed by atoms with Crippen LogP contribution in [0.2, 0.25) is 5.15 Å². The monoisotopic (exact) mass is 337 g/mol. The molecular formula is C16H20ClN3O3. The number of aliphatic hydroxyl groups excluding tert-OH is 1. The molecule has 0 atom stereocenters. The second-order valence-corrected chi connectivity index (χ2v) is 5.47. The van der Waals surface area contributed by atoms with Crippen LogP contribution >= 0.6 is 11.6 Å². The van der Waals surface area contributed by atoms with E-state index in [1.165, 1.54) is 0 Å². The average molecular weight is 338 g/mol. The first-order chi connectivity index (χ1) is 11.0. The summed E-state index contributed by atoms with van der Waals surface area (Å²) in [6, 6.07) is 5.16. The largest absolute Gasteiger partial charge is 0.494 e. The lowest BCUT2D eigenvalue weighted by molar-refractivity contribution is -0.115. The van der Waals surface area contributed by atoms with Crippen molar-refractivity contribution >= 4 is 23.2 Å². The van der Waals surface area contributed by atoms with Crippen LogP contribution in [0.3, 0.4) is 0 Å². The Hall–Kier alpha value is -2.05. The first kappa shape index (κ1) is 17.3. The summed E-state index contributed by atoms with van der Waals surface area (Å²) < 4.78 is 6.96. The molecule has 1 aromatic carbocycles. The van der Waals surface area contributed by atoms with Crippen LogP contribution in [0, 0.1) is 6.92 Å². The van der Waals surface area contributed by atoms with E-state index in [0.29, 0.717) is 34.3 Å². The van der Waals surface area contributed by atoms with Crippen molar-refractivity contribution in [2.24, 2.45) is 7.05 Å². The van der Waals surface area contributed by atoms with Gasteiger partial charge in [-0.15, -0.1) is 0 Å². The Morgan fingerprint density at radius 1 is 1.48 bits per heavy atom.